The summed E-state index contributed by atoms with van der Waals surface area (Å²) in [5, 5.41) is 15.0. The molecule has 2 aromatic rings. The molecule has 0 amide bonds. The molecule has 17 heavy (non-hydrogen) atoms. The quantitative estimate of drug-likeness (QED) is 0.486. The molecule has 0 radical (unpaired) electrons. The SMILES string of the molecule is Cc1ccc(C(CO)N=[N+]=[N-])c2ccccc12. The van der Waals surface area contributed by atoms with Gasteiger partial charge in [-0.15, -0.1) is 0 Å². The minimum absolute atomic E-state index is 0.183. The van der Waals surface area contributed by atoms with Crippen LogP contribution in [0.2, 0.25) is 0 Å². The Hall–Kier alpha value is -2.03. The number of hydrogen-bond donors (Lipinski definition) is 1. The third kappa shape index (κ3) is 2.09. The lowest BCUT2D eigenvalue weighted by atomic mass is 9.96. The number of aliphatic hydroxyl groups excluding tert-OH is 1. The Balaban J connectivity index is 2.69. The molecule has 4 nitrogen and oxygen atoms in total. The van der Waals surface area contributed by atoms with Gasteiger partial charge in [0.05, 0.1) is 12.6 Å². The van der Waals surface area contributed by atoms with E-state index in [0.717, 1.165) is 16.3 Å². The van der Waals surface area contributed by atoms with Gasteiger partial charge in [-0.2, -0.15) is 0 Å². The number of hydrogen-bond acceptors (Lipinski definition) is 2. The van der Waals surface area contributed by atoms with Crippen LogP contribution in [0.25, 0.3) is 21.2 Å². The van der Waals surface area contributed by atoms with Gasteiger partial charge in [-0.25, -0.2) is 0 Å². The van der Waals surface area contributed by atoms with Crippen molar-refractivity contribution in [1.82, 2.24) is 0 Å². The molecule has 86 valence electrons. The van der Waals surface area contributed by atoms with Gasteiger partial charge in [-0.05, 0) is 34.4 Å². The van der Waals surface area contributed by atoms with Gasteiger partial charge >= 0.3 is 0 Å². The Morgan fingerprint density at radius 3 is 2.59 bits per heavy atom. The molecular weight excluding hydrogens is 214 g/mol. The largest absolute Gasteiger partial charge is 0.396 e. The van der Waals surface area contributed by atoms with E-state index in [1.54, 1.807) is 0 Å². The normalized spacial score (nSPS) is 12.1. The number of aliphatic hydroxyl groups is 1. The summed E-state index contributed by atoms with van der Waals surface area (Å²) in [6.07, 6.45) is 0. The number of fused-ring (bicyclic) bond motifs is 1. The molecule has 0 saturated heterocycles. The third-order valence-corrected chi connectivity index (χ3v) is 2.90. The first-order chi connectivity index (χ1) is 8.27. The van der Waals surface area contributed by atoms with Crippen LogP contribution in [0.5, 0.6) is 0 Å². The second-order valence-corrected chi connectivity index (χ2v) is 3.92. The van der Waals surface area contributed by atoms with Crippen molar-refractivity contribution in [2.24, 2.45) is 5.11 Å². The zero-order valence-electron chi connectivity index (χ0n) is 9.54. The van der Waals surface area contributed by atoms with Crippen LogP contribution < -0.4 is 0 Å². The molecule has 1 unspecified atom stereocenters. The number of nitrogens with zero attached hydrogens (tertiary/aromatic N) is 3. The average molecular weight is 227 g/mol. The number of azide groups is 1. The standard InChI is InChI=1S/C13H13N3O/c1-9-6-7-12(13(8-17)15-16-14)11-5-3-2-4-10(9)11/h2-7,13,17H,8H2,1H3. The fourth-order valence-corrected chi connectivity index (χ4v) is 2.02. The number of aryl methyl sites for hydroxylation is 1. The van der Waals surface area contributed by atoms with Crippen molar-refractivity contribution in [3.63, 3.8) is 0 Å². The van der Waals surface area contributed by atoms with Gasteiger partial charge in [0, 0.05) is 4.91 Å². The molecule has 1 atom stereocenters. The molecule has 0 heterocycles. The zero-order valence-corrected chi connectivity index (χ0v) is 9.54. The average Bonchev–Trinajstić information content (AvgIpc) is 2.37. The van der Waals surface area contributed by atoms with Gasteiger partial charge in [0.2, 0.25) is 0 Å². The molecular formula is C13H13N3O. The first kappa shape index (κ1) is 11.5. The van der Waals surface area contributed by atoms with Gasteiger partial charge in [-0.3, -0.25) is 0 Å². The van der Waals surface area contributed by atoms with Crippen LogP contribution in [0.4, 0.5) is 0 Å². The lowest BCUT2D eigenvalue weighted by Crippen LogP contribution is -2.01. The molecule has 2 aromatic carbocycles. The van der Waals surface area contributed by atoms with Crippen LogP contribution >= 0.6 is 0 Å². The number of benzene rings is 2. The van der Waals surface area contributed by atoms with Crippen molar-refractivity contribution in [2.75, 3.05) is 6.61 Å². The Morgan fingerprint density at radius 2 is 1.94 bits per heavy atom. The van der Waals surface area contributed by atoms with Gasteiger partial charge < -0.3 is 5.11 Å². The molecule has 0 aliphatic heterocycles. The van der Waals surface area contributed by atoms with Crippen molar-refractivity contribution in [3.8, 4) is 0 Å². The minimum atomic E-state index is -0.523. The van der Waals surface area contributed by atoms with E-state index in [2.05, 4.69) is 10.0 Å². The smallest absolute Gasteiger partial charge is 0.0862 e. The third-order valence-electron chi connectivity index (χ3n) is 2.90. The van der Waals surface area contributed by atoms with Crippen molar-refractivity contribution in [2.45, 2.75) is 13.0 Å². The lowest BCUT2D eigenvalue weighted by Gasteiger charge is -2.13. The first-order valence-electron chi connectivity index (χ1n) is 5.41. The molecule has 4 heteroatoms. The van der Waals surface area contributed by atoms with Crippen molar-refractivity contribution in [3.05, 3.63) is 58.0 Å². The van der Waals surface area contributed by atoms with Crippen LogP contribution in [0, 0.1) is 6.92 Å². The van der Waals surface area contributed by atoms with Crippen LogP contribution in [-0.2, 0) is 0 Å². The summed E-state index contributed by atoms with van der Waals surface area (Å²) in [5.41, 5.74) is 10.5. The molecule has 2 rings (SSSR count). The summed E-state index contributed by atoms with van der Waals surface area (Å²) >= 11 is 0. The Kier molecular flexibility index (Phi) is 3.28. The second-order valence-electron chi connectivity index (χ2n) is 3.92. The van der Waals surface area contributed by atoms with Crippen LogP contribution in [0.15, 0.2) is 41.5 Å². The molecule has 0 aromatic heterocycles. The van der Waals surface area contributed by atoms with Crippen molar-refractivity contribution < 1.29 is 5.11 Å². The van der Waals surface area contributed by atoms with E-state index in [1.807, 2.05) is 43.3 Å². The first-order valence-corrected chi connectivity index (χ1v) is 5.41. The molecule has 0 spiro atoms. The summed E-state index contributed by atoms with van der Waals surface area (Å²) in [6, 6.07) is 11.3. The van der Waals surface area contributed by atoms with Crippen molar-refractivity contribution >= 4 is 10.8 Å². The Morgan fingerprint density at radius 1 is 1.24 bits per heavy atom. The summed E-state index contributed by atoms with van der Waals surface area (Å²) in [7, 11) is 0. The van der Waals surface area contributed by atoms with E-state index in [9.17, 15) is 5.11 Å². The van der Waals surface area contributed by atoms with E-state index in [0.29, 0.717) is 0 Å². The number of rotatable bonds is 3. The van der Waals surface area contributed by atoms with Crippen molar-refractivity contribution in [1.29, 1.82) is 0 Å². The fourth-order valence-electron chi connectivity index (χ4n) is 2.02. The molecule has 0 bridgehead atoms. The highest BCUT2D eigenvalue weighted by atomic mass is 16.3. The molecule has 0 aliphatic carbocycles. The van der Waals surface area contributed by atoms with Gasteiger partial charge in [-0.1, -0.05) is 41.5 Å². The zero-order chi connectivity index (χ0) is 12.3. The van der Waals surface area contributed by atoms with E-state index in [4.69, 9.17) is 5.53 Å². The van der Waals surface area contributed by atoms with E-state index < -0.39 is 6.04 Å². The van der Waals surface area contributed by atoms with Gasteiger partial charge in [0.1, 0.15) is 0 Å². The van der Waals surface area contributed by atoms with Gasteiger partial charge in [0.15, 0.2) is 0 Å². The monoisotopic (exact) mass is 227 g/mol. The Labute approximate surface area is 99.1 Å². The second kappa shape index (κ2) is 4.87. The lowest BCUT2D eigenvalue weighted by molar-refractivity contribution is 0.268. The molecule has 0 aliphatic rings. The maximum absolute atomic E-state index is 9.27. The summed E-state index contributed by atoms with van der Waals surface area (Å²) < 4.78 is 0. The summed E-state index contributed by atoms with van der Waals surface area (Å²) in [5.74, 6) is 0. The van der Waals surface area contributed by atoms with E-state index in [1.165, 1.54) is 5.56 Å². The molecule has 1 N–H and O–H groups in total. The predicted molar refractivity (Wildman–Crippen MR) is 67.7 cm³/mol. The Bertz CT molecular complexity index is 588. The highest BCUT2D eigenvalue weighted by Crippen LogP contribution is 2.28. The van der Waals surface area contributed by atoms with E-state index >= 15 is 0 Å². The van der Waals surface area contributed by atoms with Gasteiger partial charge in [0.25, 0.3) is 0 Å². The summed E-state index contributed by atoms with van der Waals surface area (Å²) in [6.45, 7) is 1.85. The van der Waals surface area contributed by atoms with Crippen LogP contribution in [0.3, 0.4) is 0 Å². The summed E-state index contributed by atoms with van der Waals surface area (Å²) in [4.78, 5) is 2.78. The van der Waals surface area contributed by atoms with E-state index in [-0.39, 0.29) is 6.61 Å². The molecule has 0 fully saturated rings. The van der Waals surface area contributed by atoms with Crippen LogP contribution in [0.1, 0.15) is 17.2 Å². The fraction of sp³-hybridized carbons (Fsp3) is 0.231. The highest BCUT2D eigenvalue weighted by molar-refractivity contribution is 5.88. The van der Waals surface area contributed by atoms with Crippen LogP contribution in [-0.4, -0.2) is 11.7 Å². The predicted octanol–water partition coefficient (Wildman–Crippen LogP) is 3.49. The maximum atomic E-state index is 9.27. The minimum Gasteiger partial charge on any atom is -0.396 e. The maximum Gasteiger partial charge on any atom is 0.0862 e. The highest BCUT2D eigenvalue weighted by Gasteiger charge is 2.12. The topological polar surface area (TPSA) is 69.0 Å². The molecule has 0 saturated carbocycles.